The molecule has 140 valence electrons. The van der Waals surface area contributed by atoms with E-state index in [0.717, 1.165) is 6.07 Å². The van der Waals surface area contributed by atoms with Crippen LogP contribution in [0.5, 0.6) is 0 Å². The maximum absolute atomic E-state index is 13.7. The molecule has 6 nitrogen and oxygen atoms in total. The number of carbonyl (C=O) groups excluding carboxylic acids is 1. The highest BCUT2D eigenvalue weighted by Gasteiger charge is 2.29. The number of rotatable bonds is 5. The third-order valence-electron chi connectivity index (χ3n) is 4.33. The van der Waals surface area contributed by atoms with Gasteiger partial charge in [-0.15, -0.1) is 0 Å². The molecule has 0 unspecified atom stereocenters. The van der Waals surface area contributed by atoms with Crippen LogP contribution in [0.1, 0.15) is 29.9 Å². The molecule has 0 aliphatic carbocycles. The molecular formula is C17H19F2N3O3S. The van der Waals surface area contributed by atoms with Crippen molar-refractivity contribution >= 4 is 15.9 Å². The number of aromatic nitrogens is 1. The van der Waals surface area contributed by atoms with Crippen LogP contribution in [0.4, 0.5) is 8.78 Å². The lowest BCUT2D eigenvalue weighted by Crippen LogP contribution is -2.43. The van der Waals surface area contributed by atoms with Crippen molar-refractivity contribution in [2.45, 2.75) is 37.9 Å². The average Bonchev–Trinajstić information content (AvgIpc) is 3.00. The molecule has 2 heterocycles. The van der Waals surface area contributed by atoms with E-state index in [1.165, 1.54) is 18.3 Å². The number of benzene rings is 1. The molecule has 0 saturated heterocycles. The van der Waals surface area contributed by atoms with Crippen molar-refractivity contribution in [3.63, 3.8) is 0 Å². The van der Waals surface area contributed by atoms with Crippen molar-refractivity contribution in [2.24, 2.45) is 0 Å². The Labute approximate surface area is 150 Å². The summed E-state index contributed by atoms with van der Waals surface area (Å²) in [7, 11) is -3.94. The van der Waals surface area contributed by atoms with Crippen LogP contribution in [0.3, 0.4) is 0 Å². The lowest BCUT2D eigenvalue weighted by atomic mass is 10.2. The van der Waals surface area contributed by atoms with Crippen molar-refractivity contribution in [1.82, 2.24) is 14.2 Å². The molecule has 0 spiro atoms. The second-order valence-corrected chi connectivity index (χ2v) is 8.17. The van der Waals surface area contributed by atoms with Gasteiger partial charge in [-0.05, 0) is 26.0 Å². The quantitative estimate of drug-likeness (QED) is 0.860. The highest BCUT2D eigenvalue weighted by molar-refractivity contribution is 7.89. The molecule has 0 radical (unpaired) electrons. The van der Waals surface area contributed by atoms with Gasteiger partial charge in [0, 0.05) is 43.5 Å². The topological polar surface area (TPSA) is 71.4 Å². The fraction of sp³-hybridized carbons (Fsp3) is 0.353. The fourth-order valence-electron chi connectivity index (χ4n) is 2.87. The van der Waals surface area contributed by atoms with Crippen molar-refractivity contribution < 1.29 is 22.0 Å². The number of halogens is 2. The second kappa shape index (κ2) is 6.81. The summed E-state index contributed by atoms with van der Waals surface area (Å²) in [4.78, 5) is 14.1. The lowest BCUT2D eigenvalue weighted by molar-refractivity contribution is 0.0649. The van der Waals surface area contributed by atoms with E-state index in [2.05, 4.69) is 4.72 Å². The van der Waals surface area contributed by atoms with Crippen LogP contribution in [0.2, 0.25) is 0 Å². The van der Waals surface area contributed by atoms with E-state index >= 15 is 0 Å². The Kier molecular flexibility index (Phi) is 4.85. The van der Waals surface area contributed by atoms with Gasteiger partial charge in [-0.2, -0.15) is 0 Å². The number of fused-ring (bicyclic) bond motifs is 1. The zero-order valence-electron chi connectivity index (χ0n) is 14.4. The lowest BCUT2D eigenvalue weighted by Gasteiger charge is -2.31. The molecule has 1 aliphatic rings. The molecule has 0 bridgehead atoms. The van der Waals surface area contributed by atoms with Crippen LogP contribution in [-0.4, -0.2) is 36.4 Å². The van der Waals surface area contributed by atoms with E-state index in [9.17, 15) is 22.0 Å². The van der Waals surface area contributed by atoms with Crippen LogP contribution >= 0.6 is 0 Å². The predicted octanol–water partition coefficient (Wildman–Crippen LogP) is 2.11. The molecule has 3 rings (SSSR count). The first-order valence-corrected chi connectivity index (χ1v) is 9.62. The van der Waals surface area contributed by atoms with E-state index < -0.39 is 21.7 Å². The first-order chi connectivity index (χ1) is 12.2. The fourth-order valence-corrected chi connectivity index (χ4v) is 3.92. The third kappa shape index (κ3) is 3.49. The van der Waals surface area contributed by atoms with E-state index in [1.54, 1.807) is 9.47 Å². The van der Waals surface area contributed by atoms with E-state index in [4.69, 9.17) is 0 Å². The number of carbonyl (C=O) groups is 1. The van der Waals surface area contributed by atoms with Gasteiger partial charge in [-0.3, -0.25) is 4.79 Å². The highest BCUT2D eigenvalue weighted by Crippen LogP contribution is 2.21. The maximum Gasteiger partial charge on any atom is 0.270 e. The number of hydrogen-bond donors (Lipinski definition) is 1. The molecule has 1 aromatic heterocycles. The summed E-state index contributed by atoms with van der Waals surface area (Å²) in [6.07, 6.45) is 1.40. The van der Waals surface area contributed by atoms with Crippen LogP contribution < -0.4 is 4.72 Å². The Morgan fingerprint density at radius 2 is 1.92 bits per heavy atom. The maximum atomic E-state index is 13.7. The third-order valence-corrected chi connectivity index (χ3v) is 5.70. The predicted molar refractivity (Wildman–Crippen MR) is 91.0 cm³/mol. The Morgan fingerprint density at radius 3 is 2.58 bits per heavy atom. The van der Waals surface area contributed by atoms with Crippen LogP contribution in [-0.2, 0) is 23.1 Å². The van der Waals surface area contributed by atoms with Gasteiger partial charge in [0.25, 0.3) is 5.91 Å². The number of nitrogens with zero attached hydrogens (tertiary/aromatic N) is 2. The van der Waals surface area contributed by atoms with Crippen molar-refractivity contribution in [3.8, 4) is 0 Å². The Balaban J connectivity index is 1.81. The molecule has 0 atom stereocenters. The van der Waals surface area contributed by atoms with E-state index in [0.29, 0.717) is 24.8 Å². The minimum atomic E-state index is -3.94. The van der Waals surface area contributed by atoms with Gasteiger partial charge in [-0.25, -0.2) is 21.9 Å². The summed E-state index contributed by atoms with van der Waals surface area (Å²) < 4.78 is 55.4. The first kappa shape index (κ1) is 18.5. The van der Waals surface area contributed by atoms with Crippen LogP contribution in [0.15, 0.2) is 35.4 Å². The average molecular weight is 383 g/mol. The summed E-state index contributed by atoms with van der Waals surface area (Å²) in [5.74, 6) is -1.79. The monoisotopic (exact) mass is 383 g/mol. The first-order valence-electron chi connectivity index (χ1n) is 8.14. The standard InChI is InChI=1S/C17H19F2N3O3S/c1-11(2)22-6-5-21-10-14(8-16(21)17(22)23)26(24,25)20-9-12-3-4-13(18)7-15(12)19/h3-4,7-8,10-11,20H,5-6,9H2,1-2H3. The van der Waals surface area contributed by atoms with Gasteiger partial charge in [-0.1, -0.05) is 6.07 Å². The molecular weight excluding hydrogens is 364 g/mol. The summed E-state index contributed by atoms with van der Waals surface area (Å²) in [6.45, 7) is 4.48. The van der Waals surface area contributed by atoms with Crippen molar-refractivity contribution in [1.29, 1.82) is 0 Å². The molecule has 1 amide bonds. The number of nitrogens with one attached hydrogen (secondary N) is 1. The molecule has 26 heavy (non-hydrogen) atoms. The summed E-state index contributed by atoms with van der Waals surface area (Å²) in [5.41, 5.74) is 0.333. The summed E-state index contributed by atoms with van der Waals surface area (Å²) in [5, 5.41) is 0. The summed E-state index contributed by atoms with van der Waals surface area (Å²) in [6, 6.07) is 4.27. The molecule has 0 saturated carbocycles. The van der Waals surface area contributed by atoms with Gasteiger partial charge in [0.05, 0.1) is 0 Å². The minimum Gasteiger partial charge on any atom is -0.340 e. The second-order valence-electron chi connectivity index (χ2n) is 6.41. The van der Waals surface area contributed by atoms with E-state index in [1.807, 2.05) is 13.8 Å². The molecule has 0 fully saturated rings. The zero-order valence-corrected chi connectivity index (χ0v) is 15.2. The smallest absolute Gasteiger partial charge is 0.270 e. The van der Waals surface area contributed by atoms with Crippen molar-refractivity contribution in [2.75, 3.05) is 6.54 Å². The molecule has 1 aromatic carbocycles. The van der Waals surface area contributed by atoms with Gasteiger partial charge >= 0.3 is 0 Å². The number of amides is 1. The van der Waals surface area contributed by atoms with Gasteiger partial charge in [0.1, 0.15) is 22.2 Å². The highest BCUT2D eigenvalue weighted by atomic mass is 32.2. The van der Waals surface area contributed by atoms with Gasteiger partial charge in [0.2, 0.25) is 10.0 Å². The summed E-state index contributed by atoms with van der Waals surface area (Å²) >= 11 is 0. The van der Waals surface area contributed by atoms with E-state index in [-0.39, 0.29) is 29.0 Å². The number of hydrogen-bond acceptors (Lipinski definition) is 3. The SMILES string of the molecule is CC(C)N1CCn2cc(S(=O)(=O)NCc3ccc(F)cc3F)cc2C1=O. The Hall–Kier alpha value is -2.26. The zero-order chi connectivity index (χ0) is 19.1. The molecule has 2 aromatic rings. The minimum absolute atomic E-state index is 0.0192. The normalized spacial score (nSPS) is 14.8. The number of sulfonamides is 1. The largest absolute Gasteiger partial charge is 0.340 e. The van der Waals surface area contributed by atoms with Crippen LogP contribution in [0, 0.1) is 11.6 Å². The molecule has 1 aliphatic heterocycles. The van der Waals surface area contributed by atoms with Gasteiger partial charge in [0.15, 0.2) is 0 Å². The Morgan fingerprint density at radius 1 is 1.19 bits per heavy atom. The van der Waals surface area contributed by atoms with Gasteiger partial charge < -0.3 is 9.47 Å². The Bertz CT molecular complexity index is 954. The van der Waals surface area contributed by atoms with Crippen LogP contribution in [0.25, 0.3) is 0 Å². The molecule has 9 heteroatoms. The van der Waals surface area contributed by atoms with Crippen molar-refractivity contribution in [3.05, 3.63) is 53.4 Å². The molecule has 1 N–H and O–H groups in total.